The molecule has 0 bridgehead atoms. The van der Waals surface area contributed by atoms with Crippen molar-refractivity contribution >= 4 is 22.6 Å². The lowest BCUT2D eigenvalue weighted by Crippen LogP contribution is -2.50. The summed E-state index contributed by atoms with van der Waals surface area (Å²) in [7, 11) is 0. The zero-order valence-corrected chi connectivity index (χ0v) is 11.5. The summed E-state index contributed by atoms with van der Waals surface area (Å²) in [5, 5.41) is 18.5. The predicted octanol–water partition coefficient (Wildman–Crippen LogP) is -2.07. The molecule has 1 aromatic carbocycles. The number of pyridine rings is 1. The van der Waals surface area contributed by atoms with Crippen LogP contribution in [-0.4, -0.2) is 56.8 Å². The first-order valence-electron chi connectivity index (χ1n) is 5.88. The van der Waals surface area contributed by atoms with Crippen molar-refractivity contribution in [2.75, 3.05) is 18.0 Å². The van der Waals surface area contributed by atoms with E-state index in [1.165, 1.54) is 6.20 Å². The van der Waals surface area contributed by atoms with Crippen molar-refractivity contribution in [3.05, 3.63) is 40.2 Å². The highest BCUT2D eigenvalue weighted by Crippen LogP contribution is 2.23. The number of aliphatic hydroxyl groups excluding tert-OH is 1. The van der Waals surface area contributed by atoms with Crippen molar-refractivity contribution in [2.45, 2.75) is 6.10 Å². The van der Waals surface area contributed by atoms with Crippen LogP contribution in [-0.2, 0) is 0 Å². The van der Waals surface area contributed by atoms with E-state index in [9.17, 15) is 14.7 Å². The van der Waals surface area contributed by atoms with Gasteiger partial charge in [0.1, 0.15) is 5.56 Å². The zero-order valence-electron chi connectivity index (χ0n) is 11.5. The van der Waals surface area contributed by atoms with E-state index in [-0.39, 0.29) is 28.1 Å². The number of nitrogens with one attached hydrogen (secondary N) is 1. The topological polar surface area (TPSA) is 188 Å². The van der Waals surface area contributed by atoms with Crippen molar-refractivity contribution < 1.29 is 31.4 Å². The van der Waals surface area contributed by atoms with Crippen LogP contribution in [0.5, 0.6) is 0 Å². The van der Waals surface area contributed by atoms with Gasteiger partial charge in [-0.25, -0.2) is 4.79 Å². The van der Waals surface area contributed by atoms with Crippen LogP contribution in [0, 0.1) is 0 Å². The summed E-state index contributed by atoms with van der Waals surface area (Å²) < 4.78 is 0. The highest BCUT2D eigenvalue weighted by Gasteiger charge is 2.24. The van der Waals surface area contributed by atoms with Crippen LogP contribution in [0.15, 0.2) is 29.2 Å². The van der Waals surface area contributed by atoms with Crippen molar-refractivity contribution in [3.8, 4) is 0 Å². The molecule has 1 fully saturated rings. The van der Waals surface area contributed by atoms with Gasteiger partial charge in [0, 0.05) is 30.4 Å². The van der Waals surface area contributed by atoms with Crippen molar-refractivity contribution in [1.29, 1.82) is 0 Å². The van der Waals surface area contributed by atoms with Gasteiger partial charge in [-0.05, 0) is 18.2 Å². The Morgan fingerprint density at radius 3 is 2.41 bits per heavy atom. The van der Waals surface area contributed by atoms with E-state index in [4.69, 9.17) is 5.11 Å². The molecule has 1 saturated heterocycles. The van der Waals surface area contributed by atoms with E-state index < -0.39 is 11.4 Å². The largest absolute Gasteiger partial charge is 0.477 e. The third-order valence-electron chi connectivity index (χ3n) is 3.32. The van der Waals surface area contributed by atoms with Gasteiger partial charge in [0.25, 0.3) is 0 Å². The van der Waals surface area contributed by atoms with E-state index in [0.29, 0.717) is 24.0 Å². The first kappa shape index (κ1) is 19.5. The maximum atomic E-state index is 11.9. The van der Waals surface area contributed by atoms with Gasteiger partial charge in [-0.3, -0.25) is 4.79 Å². The van der Waals surface area contributed by atoms with Crippen molar-refractivity contribution in [3.63, 3.8) is 0 Å². The summed E-state index contributed by atoms with van der Waals surface area (Å²) in [6.07, 6.45) is 0.908. The van der Waals surface area contributed by atoms with Crippen molar-refractivity contribution in [1.82, 2.24) is 4.98 Å². The zero-order chi connectivity index (χ0) is 13.6. The van der Waals surface area contributed by atoms with E-state index in [2.05, 4.69) is 4.98 Å². The number of carboxylic acid groups (broad SMARTS) is 1. The standard InChI is InChI=1S/C13H12N2O4.3H2O/c16-8-5-15(6-8)7-1-2-9-11(3-7)14-4-10(12(9)17)13(18)19;;;/h1-4,8,16H,5-6H2,(H,14,17)(H,18,19);3*1H2. The van der Waals surface area contributed by atoms with E-state index in [1.807, 2.05) is 4.90 Å². The molecule has 0 unspecified atom stereocenters. The molecule has 0 saturated carbocycles. The highest BCUT2D eigenvalue weighted by molar-refractivity contribution is 5.93. The van der Waals surface area contributed by atoms with E-state index in [0.717, 1.165) is 5.69 Å². The Morgan fingerprint density at radius 1 is 1.23 bits per heavy atom. The molecule has 1 aliphatic heterocycles. The fourth-order valence-corrected chi connectivity index (χ4v) is 2.23. The molecule has 0 spiro atoms. The number of hydrogen-bond donors (Lipinski definition) is 3. The Bertz CT molecular complexity index is 722. The number of carbonyl (C=O) groups is 1. The quantitative estimate of drug-likeness (QED) is 0.573. The van der Waals surface area contributed by atoms with Crippen molar-refractivity contribution in [2.24, 2.45) is 0 Å². The molecule has 1 aliphatic rings. The molecular formula is C13H18N2O7. The maximum Gasteiger partial charge on any atom is 0.341 e. The molecule has 0 amide bonds. The number of hydrogen-bond acceptors (Lipinski definition) is 4. The molecule has 0 radical (unpaired) electrons. The third kappa shape index (κ3) is 3.07. The van der Waals surface area contributed by atoms with Gasteiger partial charge in [0.2, 0.25) is 5.43 Å². The summed E-state index contributed by atoms with van der Waals surface area (Å²) in [6.45, 7) is 1.14. The number of aromatic amines is 1. The van der Waals surface area contributed by atoms with Crippen LogP contribution >= 0.6 is 0 Å². The van der Waals surface area contributed by atoms with Crippen LogP contribution in [0.3, 0.4) is 0 Å². The molecule has 9 N–H and O–H groups in total. The number of nitrogens with zero attached hydrogens (tertiary/aromatic N) is 1. The predicted molar refractivity (Wildman–Crippen MR) is 80.6 cm³/mol. The Hall–Kier alpha value is -2.46. The van der Waals surface area contributed by atoms with Crippen LogP contribution in [0.1, 0.15) is 10.4 Å². The molecule has 1 aromatic heterocycles. The van der Waals surface area contributed by atoms with E-state index >= 15 is 0 Å². The van der Waals surface area contributed by atoms with Gasteiger partial charge in [0.15, 0.2) is 0 Å². The first-order chi connectivity index (χ1) is 9.06. The Kier molecular flexibility index (Phi) is 6.22. The molecule has 0 atom stereocenters. The molecule has 122 valence electrons. The fourth-order valence-electron chi connectivity index (χ4n) is 2.23. The number of rotatable bonds is 2. The summed E-state index contributed by atoms with van der Waals surface area (Å²) in [5.74, 6) is -1.24. The Morgan fingerprint density at radius 2 is 1.86 bits per heavy atom. The minimum Gasteiger partial charge on any atom is -0.477 e. The number of benzene rings is 1. The molecule has 2 heterocycles. The normalized spacial score (nSPS) is 13.4. The number of aliphatic hydroxyl groups is 1. The second kappa shape index (κ2) is 7.00. The smallest absolute Gasteiger partial charge is 0.341 e. The van der Waals surface area contributed by atoms with E-state index in [1.54, 1.807) is 18.2 Å². The number of carboxylic acids is 1. The number of fused-ring (bicyclic) bond motifs is 1. The summed E-state index contributed by atoms with van der Waals surface area (Å²) in [6, 6.07) is 5.16. The number of β-amino-alcohol motifs (C(OH)–C–C–N with tert-alkyl or cyclic N) is 1. The van der Waals surface area contributed by atoms with Gasteiger partial charge in [-0.2, -0.15) is 0 Å². The average molecular weight is 314 g/mol. The Labute approximate surface area is 124 Å². The van der Waals surface area contributed by atoms with Crippen LogP contribution in [0.25, 0.3) is 10.9 Å². The highest BCUT2D eigenvalue weighted by atomic mass is 16.4. The second-order valence-electron chi connectivity index (χ2n) is 4.63. The maximum absolute atomic E-state index is 11.9. The minimum atomic E-state index is -1.24. The number of aromatic nitrogens is 1. The molecule has 9 nitrogen and oxygen atoms in total. The van der Waals surface area contributed by atoms with Crippen LogP contribution in [0.4, 0.5) is 5.69 Å². The minimum absolute atomic E-state index is 0. The van der Waals surface area contributed by atoms with Gasteiger partial charge in [-0.1, -0.05) is 0 Å². The third-order valence-corrected chi connectivity index (χ3v) is 3.32. The summed E-state index contributed by atoms with van der Waals surface area (Å²) in [4.78, 5) is 27.6. The second-order valence-corrected chi connectivity index (χ2v) is 4.63. The SMILES string of the molecule is O.O.O.O=C(O)c1c[nH]c2cc(N3CC(O)C3)ccc2c1=O. The summed E-state index contributed by atoms with van der Waals surface area (Å²) in [5.41, 5.74) is 0.737. The van der Waals surface area contributed by atoms with Crippen LogP contribution < -0.4 is 10.3 Å². The molecular weight excluding hydrogens is 296 g/mol. The van der Waals surface area contributed by atoms with Gasteiger partial charge in [0.05, 0.1) is 11.6 Å². The average Bonchev–Trinajstić information content (AvgIpc) is 2.34. The lowest BCUT2D eigenvalue weighted by Gasteiger charge is -2.37. The van der Waals surface area contributed by atoms with Gasteiger partial charge < -0.3 is 36.5 Å². The molecule has 3 rings (SSSR count). The van der Waals surface area contributed by atoms with Crippen LogP contribution in [0.2, 0.25) is 0 Å². The lowest BCUT2D eigenvalue weighted by atomic mass is 10.1. The lowest BCUT2D eigenvalue weighted by molar-refractivity contribution is 0.0695. The molecule has 9 heteroatoms. The fraction of sp³-hybridized carbons (Fsp3) is 0.231. The number of aromatic carboxylic acids is 1. The van der Waals surface area contributed by atoms with Gasteiger partial charge in [-0.15, -0.1) is 0 Å². The monoisotopic (exact) mass is 314 g/mol. The molecule has 2 aromatic rings. The summed E-state index contributed by atoms with van der Waals surface area (Å²) >= 11 is 0. The first-order valence-corrected chi connectivity index (χ1v) is 5.88. The number of H-pyrrole nitrogens is 1. The van der Waals surface area contributed by atoms with Gasteiger partial charge >= 0.3 is 5.97 Å². The Balaban J connectivity index is 0.00000147. The molecule has 0 aliphatic carbocycles. The molecule has 22 heavy (non-hydrogen) atoms. The number of anilines is 1.